The van der Waals surface area contributed by atoms with Crippen LogP contribution in [0.3, 0.4) is 0 Å². The third-order valence-corrected chi connectivity index (χ3v) is 4.44. The molecule has 5 nitrogen and oxygen atoms in total. The van der Waals surface area contributed by atoms with E-state index in [4.69, 9.17) is 5.11 Å². The van der Waals surface area contributed by atoms with E-state index < -0.39 is 46.6 Å². The highest BCUT2D eigenvalue weighted by molar-refractivity contribution is 7.91. The fraction of sp³-hybridized carbons (Fsp3) is 0.889. The molecule has 18 heavy (non-hydrogen) atoms. The van der Waals surface area contributed by atoms with Crippen molar-refractivity contribution in [3.8, 4) is 0 Å². The number of alkyl halides is 3. The Hall–Kier alpha value is -0.830. The van der Waals surface area contributed by atoms with Gasteiger partial charge in [-0.2, -0.15) is 13.2 Å². The number of hydrogen-bond acceptors (Lipinski definition) is 4. The number of nitrogens with zero attached hydrogens (tertiary/aromatic N) is 1. The van der Waals surface area contributed by atoms with E-state index in [2.05, 4.69) is 0 Å². The third-order valence-electron chi connectivity index (χ3n) is 2.74. The van der Waals surface area contributed by atoms with Gasteiger partial charge in [0.15, 0.2) is 9.84 Å². The molecule has 1 saturated heterocycles. The molecule has 0 bridgehead atoms. The van der Waals surface area contributed by atoms with Gasteiger partial charge in [0.2, 0.25) is 0 Å². The van der Waals surface area contributed by atoms with E-state index in [0.717, 1.165) is 0 Å². The average molecular weight is 289 g/mol. The number of carboxylic acids is 1. The van der Waals surface area contributed by atoms with Crippen molar-refractivity contribution >= 4 is 15.8 Å². The second-order valence-corrected chi connectivity index (χ2v) is 6.50. The molecule has 1 fully saturated rings. The zero-order chi connectivity index (χ0) is 14.0. The molecule has 1 rings (SSSR count). The zero-order valence-electron chi connectivity index (χ0n) is 9.48. The molecule has 0 amide bonds. The summed E-state index contributed by atoms with van der Waals surface area (Å²) in [4.78, 5) is 11.9. The number of sulfone groups is 1. The standard InChI is InChI=1S/C9H14F3NO4S/c10-9(11,12)1-2-13-3-4-18(16,17)6-7(13)5-8(14)15/h7H,1-6H2,(H,14,15). The summed E-state index contributed by atoms with van der Waals surface area (Å²) >= 11 is 0. The van der Waals surface area contributed by atoms with Crippen molar-refractivity contribution in [2.45, 2.75) is 25.1 Å². The fourth-order valence-corrected chi connectivity index (χ4v) is 3.47. The van der Waals surface area contributed by atoms with Gasteiger partial charge in [-0.25, -0.2) is 8.42 Å². The van der Waals surface area contributed by atoms with Crippen LogP contribution in [0.5, 0.6) is 0 Å². The van der Waals surface area contributed by atoms with Crippen molar-refractivity contribution in [1.82, 2.24) is 4.90 Å². The largest absolute Gasteiger partial charge is 0.481 e. The van der Waals surface area contributed by atoms with Gasteiger partial charge < -0.3 is 5.11 Å². The summed E-state index contributed by atoms with van der Waals surface area (Å²) in [5.41, 5.74) is 0. The highest BCUT2D eigenvalue weighted by Gasteiger charge is 2.35. The van der Waals surface area contributed by atoms with E-state index >= 15 is 0 Å². The van der Waals surface area contributed by atoms with E-state index in [-0.39, 0.29) is 18.8 Å². The van der Waals surface area contributed by atoms with Gasteiger partial charge in [-0.05, 0) is 0 Å². The van der Waals surface area contributed by atoms with Crippen molar-refractivity contribution in [2.24, 2.45) is 0 Å². The molecular formula is C9H14F3NO4S. The molecule has 0 aromatic heterocycles. The van der Waals surface area contributed by atoms with E-state index in [9.17, 15) is 26.4 Å². The van der Waals surface area contributed by atoms with Crippen LogP contribution < -0.4 is 0 Å². The Morgan fingerprint density at radius 1 is 1.39 bits per heavy atom. The van der Waals surface area contributed by atoms with Gasteiger partial charge in [0, 0.05) is 19.1 Å². The summed E-state index contributed by atoms with van der Waals surface area (Å²) in [6, 6.07) is -0.872. The minimum atomic E-state index is -4.33. The summed E-state index contributed by atoms with van der Waals surface area (Å²) in [6.07, 6.45) is -5.86. The van der Waals surface area contributed by atoms with Crippen LogP contribution in [0.4, 0.5) is 13.2 Å². The predicted molar refractivity (Wildman–Crippen MR) is 56.9 cm³/mol. The lowest BCUT2D eigenvalue weighted by Gasteiger charge is -2.34. The molecule has 106 valence electrons. The normalized spacial score (nSPS) is 24.9. The Labute approximate surface area is 102 Å². The van der Waals surface area contributed by atoms with Gasteiger partial charge in [0.1, 0.15) is 0 Å². The Bertz CT molecular complexity index is 407. The minimum Gasteiger partial charge on any atom is -0.481 e. The molecule has 1 aliphatic heterocycles. The van der Waals surface area contributed by atoms with Crippen LogP contribution in [0.15, 0.2) is 0 Å². The van der Waals surface area contributed by atoms with E-state index in [1.54, 1.807) is 0 Å². The van der Waals surface area contributed by atoms with Crippen LogP contribution in [-0.2, 0) is 14.6 Å². The summed E-state index contributed by atoms with van der Waals surface area (Å²) in [7, 11) is -3.35. The first kappa shape index (κ1) is 15.2. The van der Waals surface area contributed by atoms with Gasteiger partial charge in [-0.3, -0.25) is 9.69 Å². The van der Waals surface area contributed by atoms with Crippen LogP contribution in [-0.4, -0.2) is 61.2 Å². The number of rotatable bonds is 4. The summed E-state index contributed by atoms with van der Waals surface area (Å²) in [6.45, 7) is -0.409. The van der Waals surface area contributed by atoms with Crippen LogP contribution in [0.1, 0.15) is 12.8 Å². The van der Waals surface area contributed by atoms with Crippen molar-refractivity contribution in [1.29, 1.82) is 0 Å². The number of aliphatic carboxylic acids is 1. The van der Waals surface area contributed by atoms with Gasteiger partial charge in [0.05, 0.1) is 24.3 Å². The molecule has 1 N–H and O–H groups in total. The summed E-state index contributed by atoms with van der Waals surface area (Å²) < 4.78 is 59.0. The molecule has 1 heterocycles. The van der Waals surface area contributed by atoms with Crippen molar-refractivity contribution < 1.29 is 31.5 Å². The maximum absolute atomic E-state index is 12.1. The molecule has 0 radical (unpaired) electrons. The molecule has 0 aliphatic carbocycles. The molecule has 1 unspecified atom stereocenters. The Morgan fingerprint density at radius 2 is 2.00 bits per heavy atom. The monoisotopic (exact) mass is 289 g/mol. The Balaban J connectivity index is 2.66. The highest BCUT2D eigenvalue weighted by Crippen LogP contribution is 2.22. The first-order valence-corrected chi connectivity index (χ1v) is 7.14. The fourth-order valence-electron chi connectivity index (χ4n) is 1.88. The topological polar surface area (TPSA) is 74.7 Å². The van der Waals surface area contributed by atoms with E-state index in [1.165, 1.54) is 4.90 Å². The maximum Gasteiger partial charge on any atom is 0.390 e. The molecular weight excluding hydrogens is 275 g/mol. The first-order chi connectivity index (χ1) is 8.09. The number of carbonyl (C=O) groups is 1. The zero-order valence-corrected chi connectivity index (χ0v) is 10.3. The second kappa shape index (κ2) is 5.43. The van der Waals surface area contributed by atoms with Crippen molar-refractivity contribution in [2.75, 3.05) is 24.6 Å². The lowest BCUT2D eigenvalue weighted by Crippen LogP contribution is -2.50. The lowest BCUT2D eigenvalue weighted by atomic mass is 10.2. The lowest BCUT2D eigenvalue weighted by molar-refractivity contribution is -0.141. The number of hydrogen-bond donors (Lipinski definition) is 1. The van der Waals surface area contributed by atoms with Crippen LogP contribution in [0.25, 0.3) is 0 Å². The summed E-state index contributed by atoms with van der Waals surface area (Å²) in [5, 5.41) is 8.64. The predicted octanol–water partition coefficient (Wildman–Crippen LogP) is 0.513. The van der Waals surface area contributed by atoms with Crippen LogP contribution >= 0.6 is 0 Å². The van der Waals surface area contributed by atoms with Crippen molar-refractivity contribution in [3.05, 3.63) is 0 Å². The average Bonchev–Trinajstić information content (AvgIpc) is 2.12. The van der Waals surface area contributed by atoms with Gasteiger partial charge >= 0.3 is 12.1 Å². The number of halogens is 3. The molecule has 0 spiro atoms. The third kappa shape index (κ3) is 5.21. The van der Waals surface area contributed by atoms with Crippen LogP contribution in [0, 0.1) is 0 Å². The Morgan fingerprint density at radius 3 is 2.50 bits per heavy atom. The summed E-state index contributed by atoms with van der Waals surface area (Å²) in [5.74, 6) is -1.83. The van der Waals surface area contributed by atoms with Gasteiger partial charge in [-0.15, -0.1) is 0 Å². The molecule has 0 aromatic rings. The SMILES string of the molecule is O=C(O)CC1CS(=O)(=O)CCN1CCC(F)(F)F. The number of carboxylic acid groups (broad SMARTS) is 1. The van der Waals surface area contributed by atoms with E-state index in [1.807, 2.05) is 0 Å². The molecule has 1 aliphatic rings. The molecule has 0 aromatic carbocycles. The molecule has 0 saturated carbocycles. The van der Waals surface area contributed by atoms with Crippen LogP contribution in [0.2, 0.25) is 0 Å². The molecule has 1 atom stereocenters. The quantitative estimate of drug-likeness (QED) is 0.816. The maximum atomic E-state index is 12.1. The minimum absolute atomic E-state index is 0.0453. The van der Waals surface area contributed by atoms with Gasteiger partial charge in [0.25, 0.3) is 0 Å². The van der Waals surface area contributed by atoms with Gasteiger partial charge in [-0.1, -0.05) is 0 Å². The molecule has 9 heteroatoms. The Kier molecular flexibility index (Phi) is 4.60. The van der Waals surface area contributed by atoms with Crippen molar-refractivity contribution in [3.63, 3.8) is 0 Å². The van der Waals surface area contributed by atoms with E-state index in [0.29, 0.717) is 0 Å². The highest BCUT2D eigenvalue weighted by atomic mass is 32.2. The first-order valence-electron chi connectivity index (χ1n) is 5.32. The second-order valence-electron chi connectivity index (χ2n) is 4.27. The smallest absolute Gasteiger partial charge is 0.390 e.